The highest BCUT2D eigenvalue weighted by atomic mass is 16.6. The molecule has 1 aliphatic heterocycles. The van der Waals surface area contributed by atoms with E-state index < -0.39 is 6.10 Å². The number of carbonyl (C=O) groups excluding carboxylic acids is 1. The highest BCUT2D eigenvalue weighted by Crippen LogP contribution is 2.36. The number of esters is 1. The van der Waals surface area contributed by atoms with Gasteiger partial charge in [-0.15, -0.1) is 0 Å². The second-order valence-electron chi connectivity index (χ2n) is 6.75. The van der Waals surface area contributed by atoms with Gasteiger partial charge in [0.15, 0.2) is 5.90 Å². The van der Waals surface area contributed by atoms with E-state index >= 15 is 0 Å². The molecule has 3 aliphatic rings. The standard InChI is InChI=1S/C17H27NO3/c1-20-17(19)15-14(12-8-4-2-5-9-12)18-16(21-15)13-10-6-3-7-11-13/h12-15H,2-11H2,1H3/t14-,15+/m0/s1. The Bertz CT molecular complexity index is 395. The average Bonchev–Trinajstić information content (AvgIpc) is 3.01. The zero-order valence-electron chi connectivity index (χ0n) is 13.1. The lowest BCUT2D eigenvalue weighted by molar-refractivity contribution is -0.150. The number of hydrogen-bond donors (Lipinski definition) is 0. The van der Waals surface area contributed by atoms with Gasteiger partial charge in [-0.2, -0.15) is 0 Å². The molecule has 0 N–H and O–H groups in total. The monoisotopic (exact) mass is 293 g/mol. The van der Waals surface area contributed by atoms with Crippen LogP contribution in [-0.4, -0.2) is 31.1 Å². The van der Waals surface area contributed by atoms with Gasteiger partial charge in [-0.3, -0.25) is 0 Å². The van der Waals surface area contributed by atoms with Gasteiger partial charge in [0.25, 0.3) is 0 Å². The molecule has 2 fully saturated rings. The lowest BCUT2D eigenvalue weighted by Gasteiger charge is -2.27. The van der Waals surface area contributed by atoms with Crippen molar-refractivity contribution in [2.45, 2.75) is 76.4 Å². The molecule has 1 heterocycles. The molecule has 0 radical (unpaired) electrons. The van der Waals surface area contributed by atoms with Gasteiger partial charge < -0.3 is 9.47 Å². The van der Waals surface area contributed by atoms with Crippen LogP contribution in [0, 0.1) is 11.8 Å². The fourth-order valence-electron chi connectivity index (χ4n) is 4.13. The molecule has 0 saturated heterocycles. The van der Waals surface area contributed by atoms with Crippen LogP contribution in [0.5, 0.6) is 0 Å². The number of methoxy groups -OCH3 is 1. The van der Waals surface area contributed by atoms with E-state index in [0.717, 1.165) is 18.7 Å². The Morgan fingerprint density at radius 2 is 1.67 bits per heavy atom. The third-order valence-electron chi connectivity index (χ3n) is 5.35. The van der Waals surface area contributed by atoms with Crippen LogP contribution in [0.4, 0.5) is 0 Å². The molecule has 0 aromatic heterocycles. The molecule has 2 atom stereocenters. The number of rotatable bonds is 3. The summed E-state index contributed by atoms with van der Waals surface area (Å²) in [4.78, 5) is 17.0. The molecule has 0 aromatic rings. The largest absolute Gasteiger partial charge is 0.466 e. The maximum Gasteiger partial charge on any atom is 0.349 e. The summed E-state index contributed by atoms with van der Waals surface area (Å²) in [6.45, 7) is 0. The van der Waals surface area contributed by atoms with Gasteiger partial charge in [-0.05, 0) is 31.6 Å². The first kappa shape index (κ1) is 14.9. The fraction of sp³-hybridized carbons (Fsp3) is 0.882. The van der Waals surface area contributed by atoms with Crippen molar-refractivity contribution in [2.24, 2.45) is 16.8 Å². The Hall–Kier alpha value is -1.06. The van der Waals surface area contributed by atoms with Crippen LogP contribution in [0.1, 0.15) is 64.2 Å². The van der Waals surface area contributed by atoms with Crippen molar-refractivity contribution in [3.05, 3.63) is 0 Å². The molecule has 4 nitrogen and oxygen atoms in total. The molecule has 0 spiro atoms. The molecule has 0 amide bonds. The summed E-state index contributed by atoms with van der Waals surface area (Å²) in [5, 5.41) is 0. The van der Waals surface area contributed by atoms with Crippen LogP contribution >= 0.6 is 0 Å². The lowest BCUT2D eigenvalue weighted by atomic mass is 9.82. The van der Waals surface area contributed by atoms with E-state index in [0.29, 0.717) is 11.8 Å². The van der Waals surface area contributed by atoms with Crippen molar-refractivity contribution in [1.29, 1.82) is 0 Å². The Labute approximate surface area is 127 Å². The lowest BCUT2D eigenvalue weighted by Crippen LogP contribution is -2.38. The van der Waals surface area contributed by atoms with E-state index in [1.54, 1.807) is 0 Å². The number of aliphatic imine (C=N–C) groups is 1. The summed E-state index contributed by atoms with van der Waals surface area (Å²) < 4.78 is 10.9. The second kappa shape index (κ2) is 6.80. The number of carbonyl (C=O) groups is 1. The first-order valence-corrected chi connectivity index (χ1v) is 8.62. The highest BCUT2D eigenvalue weighted by molar-refractivity contribution is 5.87. The van der Waals surface area contributed by atoms with E-state index in [4.69, 9.17) is 14.5 Å². The quantitative estimate of drug-likeness (QED) is 0.748. The third kappa shape index (κ3) is 3.24. The van der Waals surface area contributed by atoms with Crippen molar-refractivity contribution >= 4 is 11.9 Å². The molecule has 2 saturated carbocycles. The van der Waals surface area contributed by atoms with Gasteiger partial charge in [0.1, 0.15) is 6.04 Å². The van der Waals surface area contributed by atoms with E-state index in [9.17, 15) is 4.79 Å². The Morgan fingerprint density at radius 3 is 2.29 bits per heavy atom. The van der Waals surface area contributed by atoms with Crippen LogP contribution in [0.15, 0.2) is 4.99 Å². The van der Waals surface area contributed by atoms with Crippen LogP contribution in [0.25, 0.3) is 0 Å². The summed E-state index contributed by atoms with van der Waals surface area (Å²) in [7, 11) is 1.45. The van der Waals surface area contributed by atoms with Crippen molar-refractivity contribution in [2.75, 3.05) is 7.11 Å². The molecule has 0 bridgehead atoms. The first-order valence-electron chi connectivity index (χ1n) is 8.62. The molecular formula is C17H27NO3. The summed E-state index contributed by atoms with van der Waals surface area (Å²) in [6, 6.07) is -0.00493. The van der Waals surface area contributed by atoms with Gasteiger partial charge in [0.2, 0.25) is 6.10 Å². The van der Waals surface area contributed by atoms with Gasteiger partial charge in [-0.25, -0.2) is 9.79 Å². The van der Waals surface area contributed by atoms with Crippen LogP contribution in [0.3, 0.4) is 0 Å². The minimum atomic E-state index is -0.491. The van der Waals surface area contributed by atoms with Gasteiger partial charge >= 0.3 is 5.97 Å². The Balaban J connectivity index is 1.74. The van der Waals surface area contributed by atoms with Crippen LogP contribution < -0.4 is 0 Å². The molecule has 118 valence electrons. The zero-order chi connectivity index (χ0) is 14.7. The summed E-state index contributed by atoms with van der Waals surface area (Å²) >= 11 is 0. The minimum Gasteiger partial charge on any atom is -0.466 e. The maximum absolute atomic E-state index is 12.1. The number of nitrogens with zero attached hydrogens (tertiary/aromatic N) is 1. The SMILES string of the molecule is COC(=O)[C@@H]1OC(C2CCCCC2)=N[C@H]1C1CCCCC1. The van der Waals surface area contributed by atoms with Gasteiger partial charge in [0, 0.05) is 5.92 Å². The van der Waals surface area contributed by atoms with Crippen LogP contribution in [-0.2, 0) is 14.3 Å². The van der Waals surface area contributed by atoms with Crippen LogP contribution in [0.2, 0.25) is 0 Å². The molecule has 3 rings (SSSR count). The second-order valence-corrected chi connectivity index (χ2v) is 6.75. The molecular weight excluding hydrogens is 266 g/mol. The van der Waals surface area contributed by atoms with E-state index in [1.165, 1.54) is 58.5 Å². The summed E-state index contributed by atoms with van der Waals surface area (Å²) in [5.41, 5.74) is 0. The topological polar surface area (TPSA) is 47.9 Å². The molecule has 4 heteroatoms. The first-order chi connectivity index (χ1) is 10.3. The number of ether oxygens (including phenoxy) is 2. The smallest absolute Gasteiger partial charge is 0.349 e. The van der Waals surface area contributed by atoms with E-state index in [-0.39, 0.29) is 12.0 Å². The molecule has 21 heavy (non-hydrogen) atoms. The molecule has 2 aliphatic carbocycles. The van der Waals surface area contributed by atoms with Gasteiger partial charge in [-0.1, -0.05) is 38.5 Å². The Morgan fingerprint density at radius 1 is 1.05 bits per heavy atom. The third-order valence-corrected chi connectivity index (χ3v) is 5.35. The summed E-state index contributed by atoms with van der Waals surface area (Å²) in [5.74, 6) is 1.52. The average molecular weight is 293 g/mol. The Kier molecular flexibility index (Phi) is 4.81. The van der Waals surface area contributed by atoms with Crippen molar-refractivity contribution in [3.8, 4) is 0 Å². The van der Waals surface area contributed by atoms with Gasteiger partial charge in [0.05, 0.1) is 7.11 Å². The fourth-order valence-corrected chi connectivity index (χ4v) is 4.13. The van der Waals surface area contributed by atoms with Crippen molar-refractivity contribution in [1.82, 2.24) is 0 Å². The molecule has 0 aromatic carbocycles. The van der Waals surface area contributed by atoms with Crippen molar-refractivity contribution in [3.63, 3.8) is 0 Å². The van der Waals surface area contributed by atoms with E-state index in [2.05, 4.69) is 0 Å². The normalized spacial score (nSPS) is 31.6. The summed E-state index contributed by atoms with van der Waals surface area (Å²) in [6.07, 6.45) is 11.8. The van der Waals surface area contributed by atoms with Crippen molar-refractivity contribution < 1.29 is 14.3 Å². The predicted octanol–water partition coefficient (Wildman–Crippen LogP) is 3.49. The predicted molar refractivity (Wildman–Crippen MR) is 81.3 cm³/mol. The molecule has 0 unspecified atom stereocenters. The highest BCUT2D eigenvalue weighted by Gasteiger charge is 2.43. The maximum atomic E-state index is 12.1. The van der Waals surface area contributed by atoms with E-state index in [1.807, 2.05) is 0 Å². The zero-order valence-corrected chi connectivity index (χ0v) is 13.1. The number of hydrogen-bond acceptors (Lipinski definition) is 4. The minimum absolute atomic E-state index is 0.00493.